The first-order valence-electron chi connectivity index (χ1n) is 2.25. The smallest absolute Gasteiger partial charge is 0.327 e. The van der Waals surface area contributed by atoms with Crippen molar-refractivity contribution in [2.75, 3.05) is 0 Å². The average Bonchev–Trinajstić information content (AvgIpc) is 1.89. The van der Waals surface area contributed by atoms with Gasteiger partial charge in [-0.25, -0.2) is 9.59 Å². The second-order valence-electron chi connectivity index (χ2n) is 1.08. The van der Waals surface area contributed by atoms with Gasteiger partial charge in [0.25, 0.3) is 0 Å². The molecule has 0 aromatic carbocycles. The Kier molecular flexibility index (Phi) is 30.8. The molecule has 0 unspecified atom stereocenters. The van der Waals surface area contributed by atoms with Crippen molar-refractivity contribution in [1.82, 2.24) is 0 Å². The van der Waals surface area contributed by atoms with E-state index in [4.69, 9.17) is 10.2 Å². The third-order valence-corrected chi connectivity index (χ3v) is 0.349. The molecule has 0 heterocycles. The molecule has 0 saturated carbocycles. The van der Waals surface area contributed by atoms with Gasteiger partial charge in [-0.15, -0.1) is 0 Å². The first-order valence-corrected chi connectivity index (χ1v) is 2.25. The first-order chi connectivity index (χ1) is 4.54. The van der Waals surface area contributed by atoms with Crippen LogP contribution in [0.4, 0.5) is 0 Å². The zero-order valence-electron chi connectivity index (χ0n) is 6.11. The fourth-order valence-corrected chi connectivity index (χ4v) is 0. The van der Waals surface area contributed by atoms with Crippen LogP contribution < -0.4 is 0 Å². The first kappa shape index (κ1) is 22.4. The third-order valence-electron chi connectivity index (χ3n) is 0.349. The maximum absolute atomic E-state index is 9.25. The normalized spacial score (nSPS) is 5.33. The standard InChI is InChI=1S/2C3H4O2.Co.H2O/c2*1-2-3(4)5;;/h2*2H,1H2,(H,4,5);;1H2. The van der Waals surface area contributed by atoms with Gasteiger partial charge in [-0.2, -0.15) is 0 Å². The Morgan fingerprint density at radius 3 is 1.08 bits per heavy atom. The van der Waals surface area contributed by atoms with E-state index in [0.29, 0.717) is 0 Å². The van der Waals surface area contributed by atoms with Crippen molar-refractivity contribution in [3.8, 4) is 0 Å². The summed E-state index contributed by atoms with van der Waals surface area (Å²) in [6.45, 7) is 5.92. The summed E-state index contributed by atoms with van der Waals surface area (Å²) in [6.07, 6.45) is 1.67. The molecule has 1 radical (unpaired) electrons. The summed E-state index contributed by atoms with van der Waals surface area (Å²) in [6, 6.07) is 0. The van der Waals surface area contributed by atoms with Crippen LogP contribution in [0.1, 0.15) is 0 Å². The molecular weight excluding hydrogens is 211 g/mol. The largest absolute Gasteiger partial charge is 0.478 e. The molecule has 73 valence electrons. The fraction of sp³-hybridized carbons (Fsp3) is 0. The minimum atomic E-state index is -0.981. The molecule has 12 heavy (non-hydrogen) atoms. The van der Waals surface area contributed by atoms with Crippen LogP contribution in [-0.2, 0) is 26.4 Å². The van der Waals surface area contributed by atoms with Crippen molar-refractivity contribution < 1.29 is 42.1 Å². The van der Waals surface area contributed by atoms with Gasteiger partial charge in [-0.3, -0.25) is 0 Å². The molecular formula is C6H10CoO5. The molecule has 0 fully saturated rings. The number of hydrogen-bond acceptors (Lipinski definition) is 2. The van der Waals surface area contributed by atoms with Crippen LogP contribution in [0, 0.1) is 0 Å². The minimum absolute atomic E-state index is 0. The Morgan fingerprint density at radius 1 is 1.00 bits per heavy atom. The van der Waals surface area contributed by atoms with Gasteiger partial charge in [0.05, 0.1) is 0 Å². The molecule has 0 amide bonds. The van der Waals surface area contributed by atoms with E-state index in [1.165, 1.54) is 0 Å². The van der Waals surface area contributed by atoms with Crippen molar-refractivity contribution in [3.05, 3.63) is 25.3 Å². The molecule has 0 aliphatic carbocycles. The van der Waals surface area contributed by atoms with E-state index >= 15 is 0 Å². The van der Waals surface area contributed by atoms with Crippen molar-refractivity contribution >= 4 is 11.9 Å². The second-order valence-corrected chi connectivity index (χ2v) is 1.08. The van der Waals surface area contributed by atoms with E-state index in [-0.39, 0.29) is 22.3 Å². The van der Waals surface area contributed by atoms with Crippen molar-refractivity contribution in [2.45, 2.75) is 0 Å². The van der Waals surface area contributed by atoms with E-state index in [2.05, 4.69) is 13.2 Å². The van der Waals surface area contributed by atoms with Crippen LogP contribution in [-0.4, -0.2) is 27.6 Å². The van der Waals surface area contributed by atoms with Gasteiger partial charge >= 0.3 is 11.9 Å². The van der Waals surface area contributed by atoms with Gasteiger partial charge in [-0.1, -0.05) is 13.2 Å². The Bertz CT molecular complexity index is 136. The number of hydrogen-bond donors (Lipinski definition) is 2. The van der Waals surface area contributed by atoms with E-state index in [0.717, 1.165) is 12.2 Å². The fourth-order valence-electron chi connectivity index (χ4n) is 0. The van der Waals surface area contributed by atoms with Crippen LogP contribution in [0.25, 0.3) is 0 Å². The van der Waals surface area contributed by atoms with Crippen molar-refractivity contribution in [3.63, 3.8) is 0 Å². The summed E-state index contributed by atoms with van der Waals surface area (Å²) >= 11 is 0. The molecule has 0 aliphatic rings. The maximum Gasteiger partial charge on any atom is 0.327 e. The van der Waals surface area contributed by atoms with E-state index in [9.17, 15) is 9.59 Å². The molecule has 0 aliphatic heterocycles. The average molecular weight is 221 g/mol. The van der Waals surface area contributed by atoms with Gasteiger partial charge in [-0.05, 0) is 0 Å². The third kappa shape index (κ3) is 66.3. The summed E-state index contributed by atoms with van der Waals surface area (Å²) in [5.41, 5.74) is 0. The zero-order valence-corrected chi connectivity index (χ0v) is 7.15. The van der Waals surface area contributed by atoms with Crippen molar-refractivity contribution in [1.29, 1.82) is 0 Å². The Hall–Kier alpha value is -1.11. The zero-order chi connectivity index (χ0) is 8.57. The molecule has 4 N–H and O–H groups in total. The molecule has 0 atom stereocenters. The molecule has 0 bridgehead atoms. The van der Waals surface area contributed by atoms with E-state index < -0.39 is 11.9 Å². The number of aliphatic carboxylic acids is 2. The van der Waals surface area contributed by atoms with Gasteiger partial charge in [0, 0.05) is 28.9 Å². The maximum atomic E-state index is 9.25. The summed E-state index contributed by atoms with van der Waals surface area (Å²) in [4.78, 5) is 18.5. The second kappa shape index (κ2) is 16.5. The summed E-state index contributed by atoms with van der Waals surface area (Å²) in [7, 11) is 0. The Balaban J connectivity index is -0.0000000457. The molecule has 0 aromatic heterocycles. The molecule has 0 rings (SSSR count). The summed E-state index contributed by atoms with van der Waals surface area (Å²) < 4.78 is 0. The van der Waals surface area contributed by atoms with Crippen LogP contribution in [0.2, 0.25) is 0 Å². The van der Waals surface area contributed by atoms with Crippen LogP contribution in [0.5, 0.6) is 0 Å². The molecule has 0 aromatic rings. The van der Waals surface area contributed by atoms with Crippen LogP contribution >= 0.6 is 0 Å². The monoisotopic (exact) mass is 221 g/mol. The summed E-state index contributed by atoms with van der Waals surface area (Å²) in [5, 5.41) is 15.2. The van der Waals surface area contributed by atoms with Crippen LogP contribution in [0.3, 0.4) is 0 Å². The van der Waals surface area contributed by atoms with E-state index in [1.54, 1.807) is 0 Å². The quantitative estimate of drug-likeness (QED) is 0.623. The number of carboxylic acids is 2. The topological polar surface area (TPSA) is 106 Å². The van der Waals surface area contributed by atoms with Gasteiger partial charge in [0.1, 0.15) is 0 Å². The van der Waals surface area contributed by atoms with Crippen molar-refractivity contribution in [2.24, 2.45) is 0 Å². The van der Waals surface area contributed by atoms with Gasteiger partial charge in [0.15, 0.2) is 0 Å². The predicted octanol–water partition coefficient (Wildman–Crippen LogP) is -0.313. The minimum Gasteiger partial charge on any atom is -0.478 e. The molecule has 6 heteroatoms. The Morgan fingerprint density at radius 2 is 1.08 bits per heavy atom. The van der Waals surface area contributed by atoms with Gasteiger partial charge < -0.3 is 15.7 Å². The van der Waals surface area contributed by atoms with Gasteiger partial charge in [0.2, 0.25) is 0 Å². The molecule has 0 spiro atoms. The van der Waals surface area contributed by atoms with E-state index in [1.807, 2.05) is 0 Å². The summed E-state index contributed by atoms with van der Waals surface area (Å²) in [5.74, 6) is -1.96. The number of carboxylic acid groups (broad SMARTS) is 2. The molecule has 0 saturated heterocycles. The molecule has 5 nitrogen and oxygen atoms in total. The predicted molar refractivity (Wildman–Crippen MR) is 39.3 cm³/mol. The Labute approximate surface area is 79.9 Å². The number of rotatable bonds is 2. The van der Waals surface area contributed by atoms with Crippen LogP contribution in [0.15, 0.2) is 25.3 Å². The number of carbonyl (C=O) groups is 2. The SMILES string of the molecule is C=CC(=O)O.C=CC(=O)O.O.[Co].